The van der Waals surface area contributed by atoms with Gasteiger partial charge in [-0.3, -0.25) is 4.90 Å². The smallest absolute Gasteiger partial charge is 0.407 e. The molecule has 1 saturated carbocycles. The molecular formula is C21H28N4O2. The van der Waals surface area contributed by atoms with E-state index in [-0.39, 0.29) is 11.6 Å². The summed E-state index contributed by atoms with van der Waals surface area (Å²) < 4.78 is 0. The summed E-state index contributed by atoms with van der Waals surface area (Å²) in [5.74, 6) is 0.767. The Hall–Kier alpha value is -2.10. The molecule has 2 heterocycles. The van der Waals surface area contributed by atoms with Gasteiger partial charge >= 0.3 is 6.09 Å². The molecule has 0 bridgehead atoms. The van der Waals surface area contributed by atoms with Gasteiger partial charge in [0, 0.05) is 31.6 Å². The molecule has 144 valence electrons. The van der Waals surface area contributed by atoms with Crippen molar-refractivity contribution in [3.8, 4) is 6.07 Å². The number of carbonyl (C=O) groups is 1. The van der Waals surface area contributed by atoms with E-state index in [0.717, 1.165) is 45.4 Å². The van der Waals surface area contributed by atoms with Crippen LogP contribution in [0.4, 0.5) is 4.79 Å². The maximum atomic E-state index is 11.9. The number of piperidine rings is 1. The van der Waals surface area contributed by atoms with Gasteiger partial charge in [0.25, 0.3) is 0 Å². The van der Waals surface area contributed by atoms with Crippen LogP contribution < -0.4 is 5.32 Å². The normalized spacial score (nSPS) is 27.4. The summed E-state index contributed by atoms with van der Waals surface area (Å²) in [6.07, 6.45) is 2.75. The Morgan fingerprint density at radius 1 is 1.30 bits per heavy atom. The van der Waals surface area contributed by atoms with Crippen molar-refractivity contribution in [1.82, 2.24) is 15.1 Å². The molecule has 2 aliphatic heterocycles. The van der Waals surface area contributed by atoms with Crippen molar-refractivity contribution in [1.29, 1.82) is 5.26 Å². The second-order valence-corrected chi connectivity index (χ2v) is 8.35. The van der Waals surface area contributed by atoms with E-state index < -0.39 is 6.09 Å². The molecule has 2 N–H and O–H groups in total. The highest BCUT2D eigenvalue weighted by Gasteiger charge is 2.47. The zero-order chi connectivity index (χ0) is 18.9. The monoisotopic (exact) mass is 368 g/mol. The Labute approximate surface area is 160 Å². The third-order valence-electron chi connectivity index (χ3n) is 6.69. The molecule has 4 rings (SSSR count). The molecule has 2 atom stereocenters. The summed E-state index contributed by atoms with van der Waals surface area (Å²) in [5.41, 5.74) is 1.26. The molecule has 0 radical (unpaired) electrons. The minimum absolute atomic E-state index is 0.0150. The number of likely N-dealkylation sites (tertiary alicyclic amines) is 1. The van der Waals surface area contributed by atoms with Crippen molar-refractivity contribution in [2.45, 2.75) is 43.2 Å². The topological polar surface area (TPSA) is 79.6 Å². The van der Waals surface area contributed by atoms with Crippen molar-refractivity contribution < 1.29 is 9.90 Å². The van der Waals surface area contributed by atoms with Gasteiger partial charge in [0.05, 0.1) is 18.0 Å². The highest BCUT2D eigenvalue weighted by molar-refractivity contribution is 5.66. The van der Waals surface area contributed by atoms with Crippen molar-refractivity contribution in [2.24, 2.45) is 5.92 Å². The molecule has 2 saturated heterocycles. The lowest BCUT2D eigenvalue weighted by Gasteiger charge is -2.52. The first-order valence-electron chi connectivity index (χ1n) is 10.0. The van der Waals surface area contributed by atoms with Crippen LogP contribution in [0.3, 0.4) is 0 Å². The molecule has 3 fully saturated rings. The van der Waals surface area contributed by atoms with Crippen LogP contribution in [0, 0.1) is 17.2 Å². The lowest BCUT2D eigenvalue weighted by Crippen LogP contribution is -2.69. The second kappa shape index (κ2) is 7.49. The van der Waals surface area contributed by atoms with Gasteiger partial charge in [-0.05, 0) is 43.8 Å². The lowest BCUT2D eigenvalue weighted by molar-refractivity contribution is 0.00841. The molecule has 1 aromatic carbocycles. The Balaban J connectivity index is 1.32. The standard InChI is InChI=1S/C21H28N4O2/c22-9-8-21(14-23-15-21)24-10-6-16(7-11-24)13-25(20(26)27)19-12-18(19)17-4-2-1-3-5-17/h1-5,16,18-19,23H,6-8,10-15H2,(H,26,27). The molecule has 1 aromatic rings. The quantitative estimate of drug-likeness (QED) is 0.806. The number of benzene rings is 1. The van der Waals surface area contributed by atoms with Gasteiger partial charge in [-0.25, -0.2) is 4.79 Å². The van der Waals surface area contributed by atoms with Crippen LogP contribution in [-0.4, -0.2) is 65.3 Å². The molecule has 1 aliphatic carbocycles. The number of hydrogen-bond donors (Lipinski definition) is 2. The summed E-state index contributed by atoms with van der Waals surface area (Å²) >= 11 is 0. The fraction of sp³-hybridized carbons (Fsp3) is 0.619. The van der Waals surface area contributed by atoms with E-state index >= 15 is 0 Å². The van der Waals surface area contributed by atoms with Crippen LogP contribution in [0.15, 0.2) is 30.3 Å². The van der Waals surface area contributed by atoms with Crippen LogP contribution in [0.1, 0.15) is 37.2 Å². The van der Waals surface area contributed by atoms with Crippen molar-refractivity contribution in [3.05, 3.63) is 35.9 Å². The highest BCUT2D eigenvalue weighted by atomic mass is 16.4. The fourth-order valence-electron chi connectivity index (χ4n) is 4.83. The van der Waals surface area contributed by atoms with E-state index in [9.17, 15) is 9.90 Å². The molecule has 3 aliphatic rings. The van der Waals surface area contributed by atoms with Gasteiger partial charge in [-0.2, -0.15) is 5.26 Å². The predicted molar refractivity (Wildman–Crippen MR) is 102 cm³/mol. The average Bonchev–Trinajstić information content (AvgIpc) is 3.44. The molecule has 1 amide bonds. The Bertz CT molecular complexity index is 705. The van der Waals surface area contributed by atoms with E-state index in [4.69, 9.17) is 5.26 Å². The summed E-state index contributed by atoms with van der Waals surface area (Å²) in [6.45, 7) is 4.36. The molecule has 6 nitrogen and oxygen atoms in total. The van der Waals surface area contributed by atoms with E-state index in [0.29, 0.717) is 24.8 Å². The predicted octanol–water partition coefficient (Wildman–Crippen LogP) is 2.49. The number of carboxylic acid groups (broad SMARTS) is 1. The van der Waals surface area contributed by atoms with Crippen LogP contribution in [0.25, 0.3) is 0 Å². The first-order valence-corrected chi connectivity index (χ1v) is 10.0. The molecule has 0 aromatic heterocycles. The Morgan fingerprint density at radius 2 is 2.00 bits per heavy atom. The van der Waals surface area contributed by atoms with E-state index in [1.54, 1.807) is 4.90 Å². The first-order chi connectivity index (χ1) is 13.1. The molecule has 6 heteroatoms. The summed E-state index contributed by atoms with van der Waals surface area (Å²) in [5, 5.41) is 22.2. The van der Waals surface area contributed by atoms with Crippen molar-refractivity contribution in [2.75, 3.05) is 32.7 Å². The third-order valence-corrected chi connectivity index (χ3v) is 6.69. The van der Waals surface area contributed by atoms with Gasteiger partial charge in [0.2, 0.25) is 0 Å². The summed E-state index contributed by atoms with van der Waals surface area (Å²) in [7, 11) is 0. The zero-order valence-electron chi connectivity index (χ0n) is 15.7. The SMILES string of the molecule is N#CCC1(N2CCC(CN(C(=O)O)C3CC3c3ccccc3)CC2)CNC1. The average molecular weight is 368 g/mol. The number of hydrogen-bond acceptors (Lipinski definition) is 4. The van der Waals surface area contributed by atoms with Crippen molar-refractivity contribution in [3.63, 3.8) is 0 Å². The van der Waals surface area contributed by atoms with Crippen LogP contribution >= 0.6 is 0 Å². The van der Waals surface area contributed by atoms with Gasteiger partial charge in [0.1, 0.15) is 0 Å². The molecule has 2 unspecified atom stereocenters. The number of nitrogens with zero attached hydrogens (tertiary/aromatic N) is 3. The van der Waals surface area contributed by atoms with Gasteiger partial charge in [0.15, 0.2) is 0 Å². The third kappa shape index (κ3) is 3.67. The molecular weight excluding hydrogens is 340 g/mol. The Kier molecular flexibility index (Phi) is 5.07. The maximum absolute atomic E-state index is 11.9. The van der Waals surface area contributed by atoms with E-state index in [1.807, 2.05) is 18.2 Å². The summed E-state index contributed by atoms with van der Waals surface area (Å²) in [4.78, 5) is 16.0. The minimum atomic E-state index is -0.787. The van der Waals surface area contributed by atoms with Gasteiger partial charge in [-0.1, -0.05) is 30.3 Å². The molecule has 0 spiro atoms. The number of rotatable bonds is 6. The van der Waals surface area contributed by atoms with E-state index in [1.165, 1.54) is 5.56 Å². The fourth-order valence-corrected chi connectivity index (χ4v) is 4.83. The summed E-state index contributed by atoms with van der Waals surface area (Å²) in [6, 6.07) is 12.7. The highest BCUT2D eigenvalue weighted by Crippen LogP contribution is 2.45. The minimum Gasteiger partial charge on any atom is -0.465 e. The molecule has 27 heavy (non-hydrogen) atoms. The second-order valence-electron chi connectivity index (χ2n) is 8.35. The zero-order valence-corrected chi connectivity index (χ0v) is 15.7. The largest absolute Gasteiger partial charge is 0.465 e. The number of nitrogens with one attached hydrogen (secondary N) is 1. The number of amides is 1. The maximum Gasteiger partial charge on any atom is 0.407 e. The number of nitriles is 1. The van der Waals surface area contributed by atoms with Crippen molar-refractivity contribution >= 4 is 6.09 Å². The lowest BCUT2D eigenvalue weighted by atomic mass is 9.83. The van der Waals surface area contributed by atoms with Crippen LogP contribution in [0.2, 0.25) is 0 Å². The first kappa shape index (κ1) is 18.3. The van der Waals surface area contributed by atoms with Gasteiger partial charge in [-0.15, -0.1) is 0 Å². The van der Waals surface area contributed by atoms with E-state index in [2.05, 4.69) is 28.4 Å². The van der Waals surface area contributed by atoms with Crippen LogP contribution in [-0.2, 0) is 0 Å². The Morgan fingerprint density at radius 3 is 2.56 bits per heavy atom. The van der Waals surface area contributed by atoms with Crippen LogP contribution in [0.5, 0.6) is 0 Å². The van der Waals surface area contributed by atoms with Gasteiger partial charge < -0.3 is 15.3 Å².